The minimum absolute atomic E-state index is 0. The summed E-state index contributed by atoms with van der Waals surface area (Å²) in [5, 5.41) is 0. The van der Waals surface area contributed by atoms with Crippen LogP contribution in [-0.4, -0.2) is 147 Å². The second kappa shape index (κ2) is 14.3. The molecule has 0 atom stereocenters. The molecule has 6 N–H and O–H groups in total. The topological polar surface area (TPSA) is 112 Å². The van der Waals surface area contributed by atoms with E-state index in [4.69, 9.17) is 19.2 Å². The van der Waals surface area contributed by atoms with Gasteiger partial charge in [0.15, 0.2) is 0 Å². The fraction of sp³-hybridized carbons (Fsp3) is 0. The molecule has 0 radical (unpaired) electrons. The van der Waals surface area contributed by atoms with Gasteiger partial charge in [-0.3, -0.25) is 0 Å². The maximum absolute atomic E-state index is 7.33. The van der Waals surface area contributed by atoms with Crippen LogP contribution in [0.2, 0.25) is 0 Å². The van der Waals surface area contributed by atoms with Crippen molar-refractivity contribution in [2.45, 2.75) is 0 Å². The van der Waals surface area contributed by atoms with E-state index in [0.29, 0.717) is 0 Å². The summed E-state index contributed by atoms with van der Waals surface area (Å²) >= 11 is 0. The van der Waals surface area contributed by atoms with Crippen LogP contribution in [-0.2, 0) is 0 Å². The van der Waals surface area contributed by atoms with Crippen molar-refractivity contribution in [2.75, 3.05) is 0 Å². The maximum atomic E-state index is 7.33. The van der Waals surface area contributed by atoms with Crippen molar-refractivity contribution < 1.29 is 24.7 Å². The van der Waals surface area contributed by atoms with E-state index in [-0.39, 0.29) is 119 Å². The second-order valence-electron chi connectivity index (χ2n) is 0.600. The molecule has 52 valence electrons. The van der Waals surface area contributed by atoms with Crippen molar-refractivity contribution in [3.8, 4) is 0 Å². The molecule has 0 unspecified atom stereocenters. The summed E-state index contributed by atoms with van der Waals surface area (Å²) in [4.78, 5) is 29.3. The summed E-state index contributed by atoms with van der Waals surface area (Å²) in [6, 6.07) is 0. The van der Waals surface area contributed by atoms with Gasteiger partial charge in [0.2, 0.25) is 0 Å². The first kappa shape index (κ1) is 29.3. The molecule has 0 aromatic carbocycles. The third-order valence-electron chi connectivity index (χ3n) is 0. The first-order valence-electron chi connectivity index (χ1n) is 0.894. The zero-order chi connectivity index (χ0) is 4.50. The summed E-state index contributed by atoms with van der Waals surface area (Å²) in [6.07, 6.45) is 0. The molecule has 0 bridgehead atoms. The van der Waals surface area contributed by atoms with Crippen molar-refractivity contribution in [1.82, 2.24) is 0 Å². The Morgan fingerprint density at radius 3 is 0.667 bits per heavy atom. The summed E-state index contributed by atoms with van der Waals surface area (Å²) in [7, 11) is -4.61. The van der Waals surface area contributed by atoms with Crippen LogP contribution >= 0.6 is 0 Å². The molecule has 9 heteroatoms. The van der Waals surface area contributed by atoms with Gasteiger partial charge < -0.3 is 24.7 Å². The van der Waals surface area contributed by atoms with Crippen molar-refractivity contribution >= 4 is 122 Å². The molecule has 0 aliphatic heterocycles. The summed E-state index contributed by atoms with van der Waals surface area (Å²) in [5.74, 6) is 0. The normalized spacial score (nSPS) is 6.67. The monoisotopic (exact) mass is 240 g/mol. The fourth-order valence-corrected chi connectivity index (χ4v) is 0. The van der Waals surface area contributed by atoms with E-state index in [1.54, 1.807) is 0 Å². The quantitative estimate of drug-likeness (QED) is 0.316. The van der Waals surface area contributed by atoms with Gasteiger partial charge in [-0.25, -0.2) is 0 Å². The second-order valence-corrected chi connectivity index (χ2v) is 1.80. The molecule has 0 aromatic rings. The Morgan fingerprint density at radius 1 is 0.667 bits per heavy atom. The Morgan fingerprint density at radius 2 is 0.667 bits per heavy atom. The van der Waals surface area contributed by atoms with Gasteiger partial charge in [-0.05, 0) is 0 Å². The molecule has 9 heavy (non-hydrogen) atoms. The standard InChI is InChI=1S/3Ca.H4O4Si.H2O.6H/c;;;1-5(2,3)4;;;;;;;/h;;;1-4H;1H2;;;;;;. The van der Waals surface area contributed by atoms with Gasteiger partial charge in [-0.1, -0.05) is 0 Å². The molecule has 5 nitrogen and oxygen atoms in total. The van der Waals surface area contributed by atoms with Gasteiger partial charge in [-0.2, -0.15) is 0 Å². The Hall–Kier alpha value is 3.80. The molecule has 0 rings (SSSR count). The van der Waals surface area contributed by atoms with E-state index in [1.165, 1.54) is 0 Å². The van der Waals surface area contributed by atoms with Crippen molar-refractivity contribution in [3.63, 3.8) is 0 Å². The molecule has 0 amide bonds. The summed E-state index contributed by atoms with van der Waals surface area (Å²) in [5.41, 5.74) is 0. The molecule has 0 saturated carbocycles. The molecule has 0 aliphatic rings. The van der Waals surface area contributed by atoms with Crippen molar-refractivity contribution in [1.29, 1.82) is 0 Å². The molecular weight excluding hydrogens is 228 g/mol. The van der Waals surface area contributed by atoms with Crippen molar-refractivity contribution in [2.24, 2.45) is 0 Å². The van der Waals surface area contributed by atoms with E-state index in [9.17, 15) is 0 Å². The van der Waals surface area contributed by atoms with E-state index < -0.39 is 9.05 Å². The predicted molar refractivity (Wildman–Crippen MR) is 43.9 cm³/mol. The van der Waals surface area contributed by atoms with Gasteiger partial charge in [0.25, 0.3) is 0 Å². The minimum atomic E-state index is -4.61. The van der Waals surface area contributed by atoms with Crippen LogP contribution in [0.4, 0.5) is 0 Å². The zero-order valence-electron chi connectivity index (χ0n) is 2.79. The molecule has 0 aromatic heterocycles. The van der Waals surface area contributed by atoms with E-state index in [2.05, 4.69) is 0 Å². The Labute approximate surface area is 143 Å². The summed E-state index contributed by atoms with van der Waals surface area (Å²) in [6.45, 7) is 0. The number of rotatable bonds is 0. The third kappa shape index (κ3) is 78.6. The molecule has 0 heterocycles. The average molecular weight is 240 g/mol. The van der Waals surface area contributed by atoms with Crippen LogP contribution in [0, 0.1) is 0 Å². The zero-order valence-corrected chi connectivity index (χ0v) is 3.79. The third-order valence-corrected chi connectivity index (χ3v) is 0. The molecule has 0 spiro atoms. The van der Waals surface area contributed by atoms with Gasteiger partial charge >= 0.3 is 122 Å². The van der Waals surface area contributed by atoms with Crippen LogP contribution in [0.25, 0.3) is 0 Å². The number of hydrogen-bond acceptors (Lipinski definition) is 4. The molecular formula is H12Ca3O5Si. The van der Waals surface area contributed by atoms with Crippen LogP contribution < -0.4 is 0 Å². The van der Waals surface area contributed by atoms with E-state index in [0.717, 1.165) is 0 Å². The molecule has 0 fully saturated rings. The van der Waals surface area contributed by atoms with Gasteiger partial charge in [0.1, 0.15) is 0 Å². The predicted octanol–water partition coefficient (Wildman–Crippen LogP) is -6.18. The van der Waals surface area contributed by atoms with Gasteiger partial charge in [0.05, 0.1) is 0 Å². The van der Waals surface area contributed by atoms with Crippen LogP contribution in [0.3, 0.4) is 0 Å². The van der Waals surface area contributed by atoms with E-state index >= 15 is 0 Å². The van der Waals surface area contributed by atoms with Crippen LogP contribution in [0.1, 0.15) is 0 Å². The number of hydrogen-bond donors (Lipinski definition) is 4. The van der Waals surface area contributed by atoms with Gasteiger partial charge in [0, 0.05) is 0 Å². The fourth-order valence-electron chi connectivity index (χ4n) is 0. The van der Waals surface area contributed by atoms with Crippen molar-refractivity contribution in [3.05, 3.63) is 0 Å². The Bertz CT molecular complexity index is 27.7. The molecule has 0 saturated heterocycles. The van der Waals surface area contributed by atoms with Gasteiger partial charge in [-0.15, -0.1) is 0 Å². The molecule has 0 aliphatic carbocycles. The Balaban J connectivity index is -0.0000000133. The van der Waals surface area contributed by atoms with E-state index in [1.807, 2.05) is 0 Å². The first-order chi connectivity index (χ1) is 2.00. The van der Waals surface area contributed by atoms with Crippen LogP contribution in [0.5, 0.6) is 0 Å². The summed E-state index contributed by atoms with van der Waals surface area (Å²) < 4.78 is 0. The first-order valence-corrected chi connectivity index (χ1v) is 2.68. The Kier molecular flexibility index (Phi) is 46.6. The van der Waals surface area contributed by atoms with Crippen LogP contribution in [0.15, 0.2) is 0 Å². The average Bonchev–Trinajstić information content (AvgIpc) is 0.722. The SMILES string of the molecule is O.O[Si](O)(O)O.[CaH2].[CaH2].[CaH2].